The van der Waals surface area contributed by atoms with Gasteiger partial charge in [-0.05, 0) is 37.4 Å². The van der Waals surface area contributed by atoms with Gasteiger partial charge in [0, 0.05) is 19.6 Å². The van der Waals surface area contributed by atoms with Crippen molar-refractivity contribution in [3.8, 4) is 0 Å². The van der Waals surface area contributed by atoms with Crippen LogP contribution in [0.2, 0.25) is 0 Å². The summed E-state index contributed by atoms with van der Waals surface area (Å²) in [5, 5.41) is 12.0. The summed E-state index contributed by atoms with van der Waals surface area (Å²) in [6.07, 6.45) is 2.19. The van der Waals surface area contributed by atoms with Crippen LogP contribution in [-0.4, -0.2) is 36.4 Å². The van der Waals surface area contributed by atoms with Gasteiger partial charge in [-0.3, -0.25) is 0 Å². The monoisotopic (exact) mass is 234 g/mol. The third kappa shape index (κ3) is 3.16. The first-order valence-corrected chi connectivity index (χ1v) is 6.43. The van der Waals surface area contributed by atoms with E-state index in [1.165, 1.54) is 6.42 Å². The molecule has 0 aromatic carbocycles. The largest absolute Gasteiger partial charge is 0.354 e. The fraction of sp³-hybridized carbons (Fsp3) is 0.692. The number of aromatic nitrogens is 2. The Morgan fingerprint density at radius 2 is 2.24 bits per heavy atom. The Kier molecular flexibility index (Phi) is 3.94. The van der Waals surface area contributed by atoms with Crippen LogP contribution in [0.25, 0.3) is 0 Å². The van der Waals surface area contributed by atoms with Gasteiger partial charge in [0.2, 0.25) is 0 Å². The van der Waals surface area contributed by atoms with E-state index in [0.29, 0.717) is 12.0 Å². The minimum absolute atomic E-state index is 0.556. The van der Waals surface area contributed by atoms with Crippen LogP contribution >= 0.6 is 0 Å². The highest BCUT2D eigenvalue weighted by atomic mass is 15.3. The molecule has 1 aromatic rings. The Bertz CT molecular complexity index is 341. The standard InChI is InChI=1S/C13H22N4/c1-10(2)8-11-4-5-13(16-15-11)17(3)12-6-7-14-9-12/h4-5,10,12,14H,6-9H2,1-3H3. The topological polar surface area (TPSA) is 41.0 Å². The maximum atomic E-state index is 4.32. The SMILES string of the molecule is CC(C)Cc1ccc(N(C)C2CCNC2)nn1. The van der Waals surface area contributed by atoms with E-state index in [4.69, 9.17) is 0 Å². The average molecular weight is 234 g/mol. The lowest BCUT2D eigenvalue weighted by atomic mass is 10.1. The van der Waals surface area contributed by atoms with E-state index >= 15 is 0 Å². The zero-order valence-corrected chi connectivity index (χ0v) is 11.0. The van der Waals surface area contributed by atoms with Gasteiger partial charge in [-0.2, -0.15) is 5.10 Å². The molecule has 1 unspecified atom stereocenters. The van der Waals surface area contributed by atoms with Crippen LogP contribution in [0, 0.1) is 5.92 Å². The van der Waals surface area contributed by atoms with E-state index < -0.39 is 0 Å². The summed E-state index contributed by atoms with van der Waals surface area (Å²) >= 11 is 0. The molecule has 1 atom stereocenters. The second-order valence-corrected chi connectivity index (χ2v) is 5.24. The molecule has 0 aliphatic carbocycles. The first-order chi connectivity index (χ1) is 8.16. The van der Waals surface area contributed by atoms with Crippen molar-refractivity contribution in [2.75, 3.05) is 25.0 Å². The molecule has 94 valence electrons. The molecule has 2 heterocycles. The Morgan fingerprint density at radius 1 is 1.41 bits per heavy atom. The van der Waals surface area contributed by atoms with E-state index in [-0.39, 0.29) is 0 Å². The molecule has 4 nitrogen and oxygen atoms in total. The van der Waals surface area contributed by atoms with Crippen molar-refractivity contribution < 1.29 is 0 Å². The van der Waals surface area contributed by atoms with Gasteiger partial charge >= 0.3 is 0 Å². The van der Waals surface area contributed by atoms with Crippen molar-refractivity contribution in [2.45, 2.75) is 32.7 Å². The summed E-state index contributed by atoms with van der Waals surface area (Å²) in [6.45, 7) is 6.55. The normalized spacial score (nSPS) is 19.9. The van der Waals surface area contributed by atoms with Gasteiger partial charge in [-0.25, -0.2) is 0 Å². The zero-order valence-electron chi connectivity index (χ0n) is 11.0. The van der Waals surface area contributed by atoms with Crippen LogP contribution in [0.1, 0.15) is 26.0 Å². The second-order valence-electron chi connectivity index (χ2n) is 5.24. The predicted octanol–water partition coefficient (Wildman–Crippen LogP) is 1.47. The molecular weight excluding hydrogens is 212 g/mol. The van der Waals surface area contributed by atoms with E-state index in [1.54, 1.807) is 0 Å². The summed E-state index contributed by atoms with van der Waals surface area (Å²) in [4.78, 5) is 2.23. The molecule has 0 spiro atoms. The summed E-state index contributed by atoms with van der Waals surface area (Å²) < 4.78 is 0. The Balaban J connectivity index is 2.01. The maximum Gasteiger partial charge on any atom is 0.151 e. The molecule has 1 saturated heterocycles. The number of hydrogen-bond donors (Lipinski definition) is 1. The van der Waals surface area contributed by atoms with Crippen LogP contribution in [0.3, 0.4) is 0 Å². The zero-order chi connectivity index (χ0) is 12.3. The van der Waals surface area contributed by atoms with Gasteiger partial charge in [0.25, 0.3) is 0 Å². The van der Waals surface area contributed by atoms with Gasteiger partial charge in [-0.15, -0.1) is 5.10 Å². The number of nitrogens with one attached hydrogen (secondary N) is 1. The van der Waals surface area contributed by atoms with Gasteiger partial charge in [0.15, 0.2) is 5.82 Å². The molecule has 17 heavy (non-hydrogen) atoms. The summed E-state index contributed by atoms with van der Waals surface area (Å²) in [5.41, 5.74) is 1.08. The van der Waals surface area contributed by atoms with Crippen molar-refractivity contribution in [2.24, 2.45) is 5.92 Å². The van der Waals surface area contributed by atoms with E-state index in [1.807, 2.05) is 0 Å². The molecule has 1 fully saturated rings. The van der Waals surface area contributed by atoms with Gasteiger partial charge in [-0.1, -0.05) is 13.8 Å². The van der Waals surface area contributed by atoms with Crippen LogP contribution < -0.4 is 10.2 Å². The molecule has 2 rings (SSSR count). The molecule has 4 heteroatoms. The predicted molar refractivity (Wildman–Crippen MR) is 70.3 cm³/mol. The smallest absolute Gasteiger partial charge is 0.151 e. The lowest BCUT2D eigenvalue weighted by Crippen LogP contribution is -2.34. The molecule has 1 aliphatic rings. The minimum atomic E-state index is 0.556. The first kappa shape index (κ1) is 12.3. The molecular formula is C13H22N4. The number of anilines is 1. The summed E-state index contributed by atoms with van der Waals surface area (Å²) in [5.74, 6) is 1.61. The average Bonchev–Trinajstić information content (AvgIpc) is 2.82. The molecule has 0 radical (unpaired) electrons. The third-order valence-corrected chi connectivity index (χ3v) is 3.27. The molecule has 1 aromatic heterocycles. The highest BCUT2D eigenvalue weighted by Gasteiger charge is 2.20. The Morgan fingerprint density at radius 3 is 2.76 bits per heavy atom. The minimum Gasteiger partial charge on any atom is -0.354 e. The molecule has 1 aliphatic heterocycles. The number of nitrogens with zero attached hydrogens (tertiary/aromatic N) is 3. The van der Waals surface area contributed by atoms with Crippen molar-refractivity contribution >= 4 is 5.82 Å². The van der Waals surface area contributed by atoms with E-state index in [0.717, 1.165) is 31.0 Å². The van der Waals surface area contributed by atoms with Crippen LogP contribution in [0.5, 0.6) is 0 Å². The molecule has 0 amide bonds. The van der Waals surface area contributed by atoms with Crippen molar-refractivity contribution in [1.82, 2.24) is 15.5 Å². The molecule has 0 saturated carbocycles. The number of hydrogen-bond acceptors (Lipinski definition) is 4. The van der Waals surface area contributed by atoms with Crippen molar-refractivity contribution in [3.63, 3.8) is 0 Å². The molecule has 0 bridgehead atoms. The summed E-state index contributed by atoms with van der Waals surface area (Å²) in [7, 11) is 2.10. The van der Waals surface area contributed by atoms with E-state index in [9.17, 15) is 0 Å². The van der Waals surface area contributed by atoms with Crippen molar-refractivity contribution in [3.05, 3.63) is 17.8 Å². The van der Waals surface area contributed by atoms with E-state index in [2.05, 4.69) is 53.4 Å². The van der Waals surface area contributed by atoms with Crippen LogP contribution in [0.15, 0.2) is 12.1 Å². The van der Waals surface area contributed by atoms with Gasteiger partial charge < -0.3 is 10.2 Å². The number of rotatable bonds is 4. The Labute approximate surface area is 103 Å². The lowest BCUT2D eigenvalue weighted by Gasteiger charge is -2.24. The lowest BCUT2D eigenvalue weighted by molar-refractivity contribution is 0.623. The first-order valence-electron chi connectivity index (χ1n) is 6.43. The van der Waals surface area contributed by atoms with Crippen LogP contribution in [0.4, 0.5) is 5.82 Å². The fourth-order valence-corrected chi connectivity index (χ4v) is 2.23. The maximum absolute atomic E-state index is 4.32. The van der Waals surface area contributed by atoms with Crippen molar-refractivity contribution in [1.29, 1.82) is 0 Å². The van der Waals surface area contributed by atoms with Gasteiger partial charge in [0.1, 0.15) is 0 Å². The highest BCUT2D eigenvalue weighted by Crippen LogP contribution is 2.15. The highest BCUT2D eigenvalue weighted by molar-refractivity contribution is 5.38. The third-order valence-electron chi connectivity index (χ3n) is 3.27. The number of likely N-dealkylation sites (N-methyl/N-ethyl adjacent to an activating group) is 1. The van der Waals surface area contributed by atoms with Gasteiger partial charge in [0.05, 0.1) is 5.69 Å². The quantitative estimate of drug-likeness (QED) is 0.856. The Hall–Kier alpha value is -1.16. The summed E-state index contributed by atoms with van der Waals surface area (Å²) in [6, 6.07) is 4.74. The second kappa shape index (κ2) is 5.45. The fourth-order valence-electron chi connectivity index (χ4n) is 2.23. The molecule has 1 N–H and O–H groups in total. The van der Waals surface area contributed by atoms with Crippen LogP contribution in [-0.2, 0) is 6.42 Å².